The van der Waals surface area contributed by atoms with Crippen LogP contribution in [0.25, 0.3) is 33.2 Å². The Morgan fingerprint density at radius 3 is 2.30 bits per heavy atom. The quantitative estimate of drug-likeness (QED) is 0.162. The van der Waals surface area contributed by atoms with Gasteiger partial charge in [0.2, 0.25) is 0 Å². The van der Waals surface area contributed by atoms with Gasteiger partial charge in [-0.05, 0) is 58.4 Å². The minimum atomic E-state index is -4.54. The summed E-state index contributed by atoms with van der Waals surface area (Å²) in [6.07, 6.45) is -2.07. The van der Waals surface area contributed by atoms with E-state index in [4.69, 9.17) is 9.47 Å². The summed E-state index contributed by atoms with van der Waals surface area (Å²) >= 11 is 0. The van der Waals surface area contributed by atoms with Gasteiger partial charge in [0.05, 0.1) is 18.2 Å². The van der Waals surface area contributed by atoms with Crippen molar-refractivity contribution in [3.05, 3.63) is 119 Å². The van der Waals surface area contributed by atoms with E-state index in [1.54, 1.807) is 12.3 Å². The molecular weight excluding hydrogens is 551 g/mol. The van der Waals surface area contributed by atoms with Gasteiger partial charge in [-0.1, -0.05) is 86.6 Å². The van der Waals surface area contributed by atoms with Gasteiger partial charge in [-0.3, -0.25) is 9.78 Å². The van der Waals surface area contributed by atoms with E-state index in [0.29, 0.717) is 36.1 Å². The summed E-state index contributed by atoms with van der Waals surface area (Å²) < 4.78 is 52.9. The van der Waals surface area contributed by atoms with Crippen LogP contribution < -0.4 is 4.74 Å². The first-order valence-corrected chi connectivity index (χ1v) is 14.1. The number of rotatable bonds is 9. The van der Waals surface area contributed by atoms with Crippen LogP contribution in [0.15, 0.2) is 97.2 Å². The summed E-state index contributed by atoms with van der Waals surface area (Å²) in [6, 6.07) is 27.4. The van der Waals surface area contributed by atoms with Gasteiger partial charge in [-0.25, -0.2) is 0 Å². The number of carbonyl (C=O) groups is 1. The van der Waals surface area contributed by atoms with Gasteiger partial charge < -0.3 is 9.47 Å². The fourth-order valence-electron chi connectivity index (χ4n) is 5.27. The monoisotopic (exact) mass is 583 g/mol. The van der Waals surface area contributed by atoms with Crippen molar-refractivity contribution in [2.24, 2.45) is 0 Å². The van der Waals surface area contributed by atoms with Crippen LogP contribution >= 0.6 is 0 Å². The van der Waals surface area contributed by atoms with Crippen molar-refractivity contribution in [1.82, 2.24) is 4.98 Å². The first-order chi connectivity index (χ1) is 20.7. The number of aromatic nitrogens is 1. The highest BCUT2D eigenvalue weighted by Gasteiger charge is 2.34. The van der Waals surface area contributed by atoms with E-state index in [2.05, 4.69) is 18.8 Å². The minimum absolute atomic E-state index is 0.0885. The molecule has 0 radical (unpaired) electrons. The zero-order chi connectivity index (χ0) is 30.6. The number of ether oxygens (including phenoxy) is 2. The number of nitrogens with zero attached hydrogens (tertiary/aromatic N) is 1. The Kier molecular flexibility index (Phi) is 8.81. The summed E-state index contributed by atoms with van der Waals surface area (Å²) in [5.74, 6) is 0.537. The molecule has 0 spiro atoms. The molecule has 43 heavy (non-hydrogen) atoms. The lowest BCUT2D eigenvalue weighted by molar-refractivity contribution is -0.140. The largest absolute Gasteiger partial charge is 0.489 e. The molecule has 0 aliphatic rings. The lowest BCUT2D eigenvalue weighted by Gasteiger charge is -2.19. The fourth-order valence-corrected chi connectivity index (χ4v) is 5.27. The number of hydrogen-bond acceptors (Lipinski definition) is 4. The van der Waals surface area contributed by atoms with Crippen LogP contribution in [0.2, 0.25) is 0 Å². The number of halogens is 3. The third-order valence-electron chi connectivity index (χ3n) is 7.47. The van der Waals surface area contributed by atoms with Crippen LogP contribution in [-0.2, 0) is 28.7 Å². The molecule has 1 aromatic heterocycles. The Hall–Kier alpha value is -4.65. The Morgan fingerprint density at radius 2 is 1.58 bits per heavy atom. The number of pyridine rings is 1. The number of esters is 1. The second kappa shape index (κ2) is 12.7. The molecule has 5 aromatic rings. The highest BCUT2D eigenvalue weighted by atomic mass is 19.4. The van der Waals surface area contributed by atoms with Crippen molar-refractivity contribution in [2.75, 3.05) is 7.11 Å². The molecule has 7 heteroatoms. The van der Waals surface area contributed by atoms with E-state index in [0.717, 1.165) is 39.4 Å². The van der Waals surface area contributed by atoms with Crippen LogP contribution in [-0.4, -0.2) is 18.1 Å². The predicted molar refractivity (Wildman–Crippen MR) is 163 cm³/mol. The molecule has 0 bridgehead atoms. The molecule has 0 amide bonds. The normalized spacial score (nSPS) is 11.6. The van der Waals surface area contributed by atoms with Crippen LogP contribution in [0, 0.1) is 0 Å². The van der Waals surface area contributed by atoms with Crippen molar-refractivity contribution >= 4 is 16.9 Å². The standard InChI is InChI=1S/C36H32F3NO3/c1-23(2)28-10-4-5-11-29(28)31-21-40-35-30(12-7-13-32(35)36(37,38)39)34(31)26-8-6-9-27(20-26)43-22-25-16-14-24(15-17-25)18-19-33(41)42-3/h4-17,20-21,23H,18-19,22H2,1-3H3. The highest BCUT2D eigenvalue weighted by Crippen LogP contribution is 2.43. The number of alkyl halides is 3. The van der Waals surface area contributed by atoms with Crippen molar-refractivity contribution in [1.29, 1.82) is 0 Å². The van der Waals surface area contributed by atoms with Gasteiger partial charge in [0.25, 0.3) is 0 Å². The lowest BCUT2D eigenvalue weighted by atomic mass is 9.87. The molecule has 5 rings (SSSR count). The molecule has 0 saturated heterocycles. The van der Waals surface area contributed by atoms with Crippen molar-refractivity contribution in [2.45, 2.75) is 45.4 Å². The average Bonchev–Trinajstić information content (AvgIpc) is 3.01. The van der Waals surface area contributed by atoms with Crippen molar-refractivity contribution in [3.63, 3.8) is 0 Å². The Bertz CT molecular complexity index is 1740. The molecule has 1 heterocycles. The maximum absolute atomic E-state index is 14.0. The maximum Gasteiger partial charge on any atom is 0.418 e. The topological polar surface area (TPSA) is 48.4 Å². The number of para-hydroxylation sites is 1. The number of fused-ring (bicyclic) bond motifs is 1. The van der Waals surface area contributed by atoms with E-state index >= 15 is 0 Å². The minimum Gasteiger partial charge on any atom is -0.489 e. The molecule has 0 aliphatic heterocycles. The second-order valence-corrected chi connectivity index (χ2v) is 10.7. The third-order valence-corrected chi connectivity index (χ3v) is 7.47. The van der Waals surface area contributed by atoms with E-state index in [9.17, 15) is 18.0 Å². The summed E-state index contributed by atoms with van der Waals surface area (Å²) in [5.41, 5.74) is 5.29. The molecule has 0 N–H and O–H groups in total. The molecule has 0 atom stereocenters. The van der Waals surface area contributed by atoms with E-state index in [-0.39, 0.29) is 17.4 Å². The van der Waals surface area contributed by atoms with E-state index in [1.807, 2.05) is 72.8 Å². The van der Waals surface area contributed by atoms with Gasteiger partial charge in [0.15, 0.2) is 0 Å². The smallest absolute Gasteiger partial charge is 0.418 e. The molecule has 0 saturated carbocycles. The number of benzene rings is 4. The fraction of sp³-hybridized carbons (Fsp3) is 0.222. The molecule has 0 fully saturated rings. The zero-order valence-corrected chi connectivity index (χ0v) is 24.2. The number of methoxy groups -OCH3 is 1. The first-order valence-electron chi connectivity index (χ1n) is 14.1. The third kappa shape index (κ3) is 6.72. The number of carbonyl (C=O) groups excluding carboxylic acids is 1. The number of aryl methyl sites for hydroxylation is 1. The average molecular weight is 584 g/mol. The van der Waals surface area contributed by atoms with Crippen molar-refractivity contribution in [3.8, 4) is 28.0 Å². The molecule has 220 valence electrons. The van der Waals surface area contributed by atoms with Gasteiger partial charge >= 0.3 is 12.1 Å². The predicted octanol–water partition coefficient (Wildman–Crippen LogP) is 9.40. The van der Waals surface area contributed by atoms with Crippen LogP contribution in [0.3, 0.4) is 0 Å². The Morgan fingerprint density at radius 1 is 0.860 bits per heavy atom. The maximum atomic E-state index is 14.0. The van der Waals surface area contributed by atoms with Crippen LogP contribution in [0.5, 0.6) is 5.75 Å². The summed E-state index contributed by atoms with van der Waals surface area (Å²) in [5, 5.41) is 0.422. The van der Waals surface area contributed by atoms with Gasteiger partial charge in [0.1, 0.15) is 12.4 Å². The van der Waals surface area contributed by atoms with E-state index in [1.165, 1.54) is 13.2 Å². The first kappa shape index (κ1) is 29.8. The molecule has 0 aliphatic carbocycles. The van der Waals surface area contributed by atoms with Gasteiger partial charge in [0, 0.05) is 29.1 Å². The lowest BCUT2D eigenvalue weighted by Crippen LogP contribution is -2.07. The molecule has 4 nitrogen and oxygen atoms in total. The second-order valence-electron chi connectivity index (χ2n) is 10.7. The molecule has 0 unspecified atom stereocenters. The van der Waals surface area contributed by atoms with Gasteiger partial charge in [-0.15, -0.1) is 0 Å². The molecule has 4 aromatic carbocycles. The summed E-state index contributed by atoms with van der Waals surface area (Å²) in [6.45, 7) is 4.49. The summed E-state index contributed by atoms with van der Waals surface area (Å²) in [7, 11) is 1.38. The molecular formula is C36H32F3NO3. The van der Waals surface area contributed by atoms with E-state index < -0.39 is 11.7 Å². The SMILES string of the molecule is COC(=O)CCc1ccc(COc2cccc(-c3c(-c4ccccc4C(C)C)cnc4c(C(F)(F)F)cccc34)c2)cc1. The Balaban J connectivity index is 1.53. The summed E-state index contributed by atoms with van der Waals surface area (Å²) in [4.78, 5) is 15.8. The van der Waals surface area contributed by atoms with Crippen LogP contribution in [0.1, 0.15) is 48.4 Å². The van der Waals surface area contributed by atoms with Gasteiger partial charge in [-0.2, -0.15) is 13.2 Å². The van der Waals surface area contributed by atoms with Crippen LogP contribution in [0.4, 0.5) is 13.2 Å². The number of hydrogen-bond donors (Lipinski definition) is 0. The Labute approximate surface area is 249 Å². The highest BCUT2D eigenvalue weighted by molar-refractivity contribution is 6.03. The van der Waals surface area contributed by atoms with Crippen molar-refractivity contribution < 1.29 is 27.4 Å². The zero-order valence-electron chi connectivity index (χ0n) is 24.2.